The van der Waals surface area contributed by atoms with Gasteiger partial charge in [-0.3, -0.25) is 4.79 Å². The van der Waals surface area contributed by atoms with Gasteiger partial charge in [0.2, 0.25) is 0 Å². The maximum Gasteiger partial charge on any atom is 0.308 e. The van der Waals surface area contributed by atoms with Gasteiger partial charge in [-0.1, -0.05) is 32.1 Å². The summed E-state index contributed by atoms with van der Waals surface area (Å²) in [4.78, 5) is 11.5. The molecular formula is C20H30O4. The number of hydrogen-bond donors (Lipinski definition) is 1. The van der Waals surface area contributed by atoms with Crippen LogP contribution in [0.25, 0.3) is 0 Å². The third kappa shape index (κ3) is 3.75. The molecule has 3 aliphatic rings. The highest BCUT2D eigenvalue weighted by Gasteiger charge is 2.40. The number of rotatable bonds is 4. The number of aliphatic hydroxyl groups excluding tert-OH is 1. The number of methoxy groups -OCH3 is 1. The van der Waals surface area contributed by atoms with Gasteiger partial charge < -0.3 is 14.6 Å². The van der Waals surface area contributed by atoms with Gasteiger partial charge in [0.15, 0.2) is 0 Å². The Labute approximate surface area is 144 Å². The summed E-state index contributed by atoms with van der Waals surface area (Å²) in [6, 6.07) is 0. The number of aliphatic hydroxyl groups is 1. The third-order valence-electron chi connectivity index (χ3n) is 5.96. The Balaban J connectivity index is 1.70. The first-order chi connectivity index (χ1) is 11.5. The molecule has 3 rings (SSSR count). The van der Waals surface area contributed by atoms with Gasteiger partial charge in [0, 0.05) is 19.4 Å². The van der Waals surface area contributed by atoms with Gasteiger partial charge in [-0.15, -0.1) is 0 Å². The Kier molecular flexibility index (Phi) is 5.46. The van der Waals surface area contributed by atoms with E-state index < -0.39 is 6.10 Å². The summed E-state index contributed by atoms with van der Waals surface area (Å²) in [6.07, 6.45) is 10.1. The van der Waals surface area contributed by atoms with Crippen LogP contribution in [0.5, 0.6) is 0 Å². The molecule has 4 heteroatoms. The Morgan fingerprint density at radius 1 is 1.29 bits per heavy atom. The molecule has 0 radical (unpaired) electrons. The zero-order valence-corrected chi connectivity index (χ0v) is 15.0. The molecule has 1 unspecified atom stereocenters. The van der Waals surface area contributed by atoms with E-state index in [0.29, 0.717) is 30.1 Å². The van der Waals surface area contributed by atoms with E-state index in [1.165, 1.54) is 5.57 Å². The molecule has 1 heterocycles. The minimum Gasteiger partial charge on any atom is -0.462 e. The van der Waals surface area contributed by atoms with E-state index in [4.69, 9.17) is 9.47 Å². The lowest BCUT2D eigenvalue weighted by molar-refractivity contribution is -0.160. The maximum absolute atomic E-state index is 11.5. The summed E-state index contributed by atoms with van der Waals surface area (Å²) in [5.74, 6) is 1.70. The van der Waals surface area contributed by atoms with E-state index in [1.54, 1.807) is 0 Å². The molecule has 0 bridgehead atoms. The highest BCUT2D eigenvalue weighted by atomic mass is 16.5. The normalized spacial score (nSPS) is 42.2. The zero-order valence-electron chi connectivity index (χ0n) is 15.0. The van der Waals surface area contributed by atoms with E-state index in [0.717, 1.165) is 19.3 Å². The molecule has 134 valence electrons. The number of allylic oxidation sites excluding steroid dienone is 3. The predicted octanol–water partition coefficient (Wildman–Crippen LogP) is 3.25. The van der Waals surface area contributed by atoms with Gasteiger partial charge >= 0.3 is 5.97 Å². The molecule has 0 aromatic rings. The largest absolute Gasteiger partial charge is 0.462 e. The van der Waals surface area contributed by atoms with Crippen LogP contribution >= 0.6 is 0 Å². The van der Waals surface area contributed by atoms with Crippen molar-refractivity contribution in [2.45, 2.75) is 64.3 Å². The Hall–Kier alpha value is -1.13. The second-order valence-corrected chi connectivity index (χ2v) is 7.84. The van der Waals surface area contributed by atoms with Crippen molar-refractivity contribution in [3.8, 4) is 0 Å². The van der Waals surface area contributed by atoms with Crippen LogP contribution in [0.4, 0.5) is 0 Å². The first-order valence-corrected chi connectivity index (χ1v) is 9.28. The quantitative estimate of drug-likeness (QED) is 0.802. The maximum atomic E-state index is 11.5. The van der Waals surface area contributed by atoms with Crippen LogP contribution in [-0.4, -0.2) is 36.5 Å². The Morgan fingerprint density at radius 2 is 2.08 bits per heavy atom. The van der Waals surface area contributed by atoms with Gasteiger partial charge in [-0.2, -0.15) is 0 Å². The number of carbonyl (C=O) groups excluding carboxylic acids is 1. The lowest BCUT2D eigenvalue weighted by Crippen LogP contribution is -2.40. The second-order valence-electron chi connectivity index (χ2n) is 7.84. The van der Waals surface area contributed by atoms with Crippen LogP contribution in [0.1, 0.15) is 46.0 Å². The van der Waals surface area contributed by atoms with E-state index in [2.05, 4.69) is 32.1 Å². The second kappa shape index (κ2) is 7.40. The third-order valence-corrected chi connectivity index (χ3v) is 5.96. The number of esters is 1. The monoisotopic (exact) mass is 334 g/mol. The van der Waals surface area contributed by atoms with Crippen molar-refractivity contribution in [2.75, 3.05) is 7.11 Å². The average Bonchev–Trinajstić information content (AvgIpc) is 2.52. The molecule has 0 spiro atoms. The molecule has 2 aliphatic carbocycles. The van der Waals surface area contributed by atoms with Crippen LogP contribution in [0.15, 0.2) is 23.8 Å². The van der Waals surface area contributed by atoms with Crippen molar-refractivity contribution in [1.29, 1.82) is 0 Å². The first-order valence-electron chi connectivity index (χ1n) is 9.28. The summed E-state index contributed by atoms with van der Waals surface area (Å²) in [7, 11) is 1.82. The molecule has 0 amide bonds. The fourth-order valence-corrected chi connectivity index (χ4v) is 4.76. The van der Waals surface area contributed by atoms with Gasteiger partial charge in [0.05, 0.1) is 18.6 Å². The summed E-state index contributed by atoms with van der Waals surface area (Å²) in [5.41, 5.74) is 1.41. The molecule has 1 N–H and O–H groups in total. The van der Waals surface area contributed by atoms with Crippen molar-refractivity contribution in [3.05, 3.63) is 23.8 Å². The fraction of sp³-hybridized carbons (Fsp3) is 0.750. The predicted molar refractivity (Wildman–Crippen MR) is 92.3 cm³/mol. The number of hydrogen-bond acceptors (Lipinski definition) is 4. The van der Waals surface area contributed by atoms with Gasteiger partial charge in [0.25, 0.3) is 0 Å². The van der Waals surface area contributed by atoms with Crippen molar-refractivity contribution in [3.63, 3.8) is 0 Å². The molecule has 1 fully saturated rings. The molecule has 1 saturated heterocycles. The molecule has 0 aromatic carbocycles. The van der Waals surface area contributed by atoms with Crippen molar-refractivity contribution in [2.24, 2.45) is 23.7 Å². The highest BCUT2D eigenvalue weighted by molar-refractivity contribution is 5.70. The number of fused-ring (bicyclic) bond motifs is 1. The van der Waals surface area contributed by atoms with E-state index in [1.807, 2.05) is 7.11 Å². The van der Waals surface area contributed by atoms with E-state index in [-0.39, 0.29) is 24.6 Å². The van der Waals surface area contributed by atoms with Crippen molar-refractivity contribution in [1.82, 2.24) is 0 Å². The highest BCUT2D eigenvalue weighted by Crippen LogP contribution is 2.44. The summed E-state index contributed by atoms with van der Waals surface area (Å²) in [5, 5.41) is 9.79. The lowest BCUT2D eigenvalue weighted by Gasteiger charge is -2.43. The average molecular weight is 334 g/mol. The molecule has 0 aromatic heterocycles. The summed E-state index contributed by atoms with van der Waals surface area (Å²) >= 11 is 0. The van der Waals surface area contributed by atoms with Gasteiger partial charge in [-0.05, 0) is 42.6 Å². The van der Waals surface area contributed by atoms with Crippen LogP contribution in [0.3, 0.4) is 0 Å². The Bertz CT molecular complexity index is 524. The number of carbonyl (C=O) groups is 1. The van der Waals surface area contributed by atoms with Crippen LogP contribution < -0.4 is 0 Å². The molecule has 1 aliphatic heterocycles. The molecule has 7 atom stereocenters. The van der Waals surface area contributed by atoms with Gasteiger partial charge in [-0.25, -0.2) is 0 Å². The first kappa shape index (κ1) is 17.7. The minimum absolute atomic E-state index is 0.137. The number of cyclic esters (lactones) is 1. The zero-order chi connectivity index (χ0) is 17.3. The molecular weight excluding hydrogens is 304 g/mol. The van der Waals surface area contributed by atoms with Gasteiger partial charge in [0.1, 0.15) is 6.10 Å². The molecule has 24 heavy (non-hydrogen) atoms. The van der Waals surface area contributed by atoms with E-state index >= 15 is 0 Å². The van der Waals surface area contributed by atoms with Crippen LogP contribution in [-0.2, 0) is 14.3 Å². The fourth-order valence-electron chi connectivity index (χ4n) is 4.76. The topological polar surface area (TPSA) is 55.8 Å². The van der Waals surface area contributed by atoms with E-state index in [9.17, 15) is 9.90 Å². The standard InChI is InChI=1S/C20H30O4/c1-12-8-14-5-4-13(2)17(20(14)18(9-12)23-3)7-6-16-10-15(21)11-19(22)24-16/h4-5,8,12-13,15-18,20-21H,6-7,9-11H2,1-3H3/t12-,13-,15+,16?,17-,18-,20-/m0/s1. The Morgan fingerprint density at radius 3 is 2.79 bits per heavy atom. The lowest BCUT2D eigenvalue weighted by atomic mass is 9.65. The summed E-state index contributed by atoms with van der Waals surface area (Å²) < 4.78 is 11.3. The molecule has 4 nitrogen and oxygen atoms in total. The number of ether oxygens (including phenoxy) is 2. The molecule has 0 saturated carbocycles. The summed E-state index contributed by atoms with van der Waals surface area (Å²) in [6.45, 7) is 4.52. The van der Waals surface area contributed by atoms with Crippen molar-refractivity contribution >= 4 is 5.97 Å². The van der Waals surface area contributed by atoms with Crippen molar-refractivity contribution < 1.29 is 19.4 Å². The van der Waals surface area contributed by atoms with Crippen LogP contribution in [0, 0.1) is 23.7 Å². The SMILES string of the molecule is CO[C@H]1C[C@@H](C)C=C2C=C[C@H](C)[C@H](CCC3C[C@@H](O)CC(=O)O3)[C@H]21. The smallest absolute Gasteiger partial charge is 0.308 e. The van der Waals surface area contributed by atoms with Crippen LogP contribution in [0.2, 0.25) is 0 Å². The minimum atomic E-state index is -0.544.